The number of aliphatic hydroxyl groups excluding tert-OH is 1. The molecule has 0 spiro atoms. The molecule has 0 aliphatic carbocycles. The number of allylic oxidation sites excluding steroid dienone is 1. The van der Waals surface area contributed by atoms with Gasteiger partial charge in [-0.2, -0.15) is 0 Å². The van der Waals surface area contributed by atoms with Gasteiger partial charge in [0.2, 0.25) is 5.91 Å². The molecular formula is C34H65NO3. The Morgan fingerprint density at radius 2 is 0.974 bits per heavy atom. The SMILES string of the molecule is CCCCCCCCCCCCC/C=C/[C@@H](O)[C@H](C=O)NC(=O)CCCCCCCCCCCCCCC. The van der Waals surface area contributed by atoms with E-state index in [1.54, 1.807) is 6.08 Å². The van der Waals surface area contributed by atoms with E-state index in [0.717, 1.165) is 25.7 Å². The molecule has 0 heterocycles. The first-order chi connectivity index (χ1) is 18.7. The summed E-state index contributed by atoms with van der Waals surface area (Å²) in [6.07, 6.45) is 35.7. The number of amides is 1. The van der Waals surface area contributed by atoms with Crippen LogP contribution in [-0.2, 0) is 9.59 Å². The van der Waals surface area contributed by atoms with Crippen molar-refractivity contribution >= 4 is 12.2 Å². The van der Waals surface area contributed by atoms with Crippen LogP contribution in [-0.4, -0.2) is 29.4 Å². The summed E-state index contributed by atoms with van der Waals surface area (Å²) in [5.41, 5.74) is 0. The highest BCUT2D eigenvalue weighted by Crippen LogP contribution is 2.14. The first kappa shape index (κ1) is 36.8. The van der Waals surface area contributed by atoms with Crippen molar-refractivity contribution in [3.8, 4) is 0 Å². The molecule has 0 aromatic heterocycles. The third-order valence-corrected chi connectivity index (χ3v) is 7.66. The maximum atomic E-state index is 12.2. The summed E-state index contributed by atoms with van der Waals surface area (Å²) in [5.74, 6) is -0.136. The lowest BCUT2D eigenvalue weighted by atomic mass is 10.0. The lowest BCUT2D eigenvalue weighted by Crippen LogP contribution is -2.43. The number of carbonyl (C=O) groups is 2. The minimum atomic E-state index is -0.948. The van der Waals surface area contributed by atoms with Crippen LogP contribution in [0.1, 0.15) is 181 Å². The Kier molecular flexibility index (Phi) is 29.5. The molecule has 0 aromatic rings. The van der Waals surface area contributed by atoms with Gasteiger partial charge in [-0.3, -0.25) is 4.79 Å². The number of carbonyl (C=O) groups excluding carboxylic acids is 2. The van der Waals surface area contributed by atoms with Gasteiger partial charge in [-0.25, -0.2) is 0 Å². The second kappa shape index (κ2) is 30.4. The summed E-state index contributed by atoms with van der Waals surface area (Å²) in [5, 5.41) is 13.0. The molecule has 4 heteroatoms. The molecule has 0 aliphatic rings. The van der Waals surface area contributed by atoms with Crippen LogP contribution in [0, 0.1) is 0 Å². The van der Waals surface area contributed by atoms with Crippen LogP contribution < -0.4 is 5.32 Å². The average Bonchev–Trinajstić information content (AvgIpc) is 2.92. The zero-order valence-corrected chi connectivity index (χ0v) is 25.5. The number of unbranched alkanes of at least 4 members (excludes halogenated alkanes) is 23. The highest BCUT2D eigenvalue weighted by Gasteiger charge is 2.17. The van der Waals surface area contributed by atoms with Crippen LogP contribution in [0.2, 0.25) is 0 Å². The van der Waals surface area contributed by atoms with E-state index in [-0.39, 0.29) is 5.91 Å². The number of nitrogens with one attached hydrogen (secondary N) is 1. The molecule has 0 aromatic carbocycles. The first-order valence-corrected chi connectivity index (χ1v) is 16.7. The van der Waals surface area contributed by atoms with Gasteiger partial charge in [-0.15, -0.1) is 0 Å². The zero-order valence-electron chi connectivity index (χ0n) is 25.5. The Labute approximate surface area is 237 Å². The smallest absolute Gasteiger partial charge is 0.220 e. The summed E-state index contributed by atoms with van der Waals surface area (Å²) in [7, 11) is 0. The molecule has 0 fully saturated rings. The standard InChI is InChI=1S/C34H65NO3/c1-3-5-7-9-11-13-15-17-19-21-23-25-27-29-33(37)32(31-36)35-34(38)30-28-26-24-22-20-18-16-14-12-10-8-6-4-2/h27,29,31-33,37H,3-26,28,30H2,1-2H3,(H,35,38)/b29-27+/t32-,33+/m0/s1. The zero-order chi connectivity index (χ0) is 27.9. The maximum absolute atomic E-state index is 12.2. The van der Waals surface area contributed by atoms with Gasteiger partial charge in [0.1, 0.15) is 12.3 Å². The Bertz CT molecular complexity index is 534. The minimum Gasteiger partial charge on any atom is -0.386 e. The molecule has 2 N–H and O–H groups in total. The Morgan fingerprint density at radius 3 is 1.37 bits per heavy atom. The van der Waals surface area contributed by atoms with Crippen molar-refractivity contribution in [1.82, 2.24) is 5.32 Å². The van der Waals surface area contributed by atoms with E-state index in [1.807, 2.05) is 6.08 Å². The van der Waals surface area contributed by atoms with Crippen molar-refractivity contribution in [3.05, 3.63) is 12.2 Å². The Balaban J connectivity index is 3.64. The lowest BCUT2D eigenvalue weighted by molar-refractivity contribution is -0.125. The van der Waals surface area contributed by atoms with Gasteiger partial charge >= 0.3 is 0 Å². The molecule has 0 bridgehead atoms. The van der Waals surface area contributed by atoms with Gasteiger partial charge in [-0.1, -0.05) is 167 Å². The fourth-order valence-electron chi connectivity index (χ4n) is 5.04. The number of aldehydes is 1. The topological polar surface area (TPSA) is 66.4 Å². The molecule has 1 amide bonds. The molecular weight excluding hydrogens is 470 g/mol. The summed E-state index contributed by atoms with van der Waals surface area (Å²) in [6.45, 7) is 4.52. The van der Waals surface area contributed by atoms with Crippen LogP contribution in [0.25, 0.3) is 0 Å². The highest BCUT2D eigenvalue weighted by molar-refractivity contribution is 5.79. The fourth-order valence-corrected chi connectivity index (χ4v) is 5.04. The summed E-state index contributed by atoms with van der Waals surface area (Å²) < 4.78 is 0. The van der Waals surface area contributed by atoms with E-state index in [1.165, 1.54) is 135 Å². The van der Waals surface area contributed by atoms with Crippen molar-refractivity contribution in [2.45, 2.75) is 193 Å². The second-order valence-electron chi connectivity index (χ2n) is 11.5. The highest BCUT2D eigenvalue weighted by atomic mass is 16.3. The van der Waals surface area contributed by atoms with Gasteiger partial charge in [0.15, 0.2) is 0 Å². The quantitative estimate of drug-likeness (QED) is 0.0546. The van der Waals surface area contributed by atoms with Crippen molar-refractivity contribution < 1.29 is 14.7 Å². The van der Waals surface area contributed by atoms with Crippen molar-refractivity contribution in [2.75, 3.05) is 0 Å². The molecule has 0 saturated carbocycles. The first-order valence-electron chi connectivity index (χ1n) is 16.7. The predicted molar refractivity (Wildman–Crippen MR) is 165 cm³/mol. The molecule has 0 radical (unpaired) electrons. The third-order valence-electron chi connectivity index (χ3n) is 7.66. The molecule has 0 rings (SSSR count). The lowest BCUT2D eigenvalue weighted by Gasteiger charge is -2.16. The van der Waals surface area contributed by atoms with Crippen molar-refractivity contribution in [1.29, 1.82) is 0 Å². The van der Waals surface area contributed by atoms with Crippen LogP contribution >= 0.6 is 0 Å². The monoisotopic (exact) mass is 535 g/mol. The van der Waals surface area contributed by atoms with E-state index in [4.69, 9.17) is 0 Å². The van der Waals surface area contributed by atoms with Crippen molar-refractivity contribution in [2.24, 2.45) is 0 Å². The number of rotatable bonds is 30. The molecule has 0 unspecified atom stereocenters. The van der Waals surface area contributed by atoms with Gasteiger partial charge in [0, 0.05) is 6.42 Å². The normalized spacial score (nSPS) is 13.1. The van der Waals surface area contributed by atoms with E-state index in [2.05, 4.69) is 19.2 Å². The van der Waals surface area contributed by atoms with E-state index >= 15 is 0 Å². The minimum absolute atomic E-state index is 0.136. The Morgan fingerprint density at radius 1 is 0.605 bits per heavy atom. The number of aliphatic hydroxyl groups is 1. The summed E-state index contributed by atoms with van der Waals surface area (Å²) in [4.78, 5) is 23.6. The second-order valence-corrected chi connectivity index (χ2v) is 11.5. The third kappa shape index (κ3) is 26.4. The van der Waals surface area contributed by atoms with Crippen LogP contribution in [0.5, 0.6) is 0 Å². The number of hydrogen-bond donors (Lipinski definition) is 2. The molecule has 224 valence electrons. The average molecular weight is 536 g/mol. The van der Waals surface area contributed by atoms with E-state index < -0.39 is 12.1 Å². The van der Waals surface area contributed by atoms with Gasteiger partial charge < -0.3 is 15.2 Å². The molecule has 4 nitrogen and oxygen atoms in total. The molecule has 0 aliphatic heterocycles. The van der Waals surface area contributed by atoms with Gasteiger partial charge in [0.25, 0.3) is 0 Å². The maximum Gasteiger partial charge on any atom is 0.220 e. The Hall–Kier alpha value is -1.16. The van der Waals surface area contributed by atoms with Gasteiger partial charge in [-0.05, 0) is 19.3 Å². The van der Waals surface area contributed by atoms with E-state index in [0.29, 0.717) is 12.7 Å². The fraction of sp³-hybridized carbons (Fsp3) is 0.882. The number of hydrogen-bond acceptors (Lipinski definition) is 3. The van der Waals surface area contributed by atoms with Crippen LogP contribution in [0.3, 0.4) is 0 Å². The molecule has 2 atom stereocenters. The predicted octanol–water partition coefficient (Wildman–Crippen LogP) is 9.77. The summed E-state index contributed by atoms with van der Waals surface area (Å²) in [6, 6.07) is -0.849. The van der Waals surface area contributed by atoms with Crippen LogP contribution in [0.15, 0.2) is 12.2 Å². The largest absolute Gasteiger partial charge is 0.386 e. The molecule has 0 saturated heterocycles. The van der Waals surface area contributed by atoms with Gasteiger partial charge in [0.05, 0.1) is 6.10 Å². The van der Waals surface area contributed by atoms with Crippen molar-refractivity contribution in [3.63, 3.8) is 0 Å². The van der Waals surface area contributed by atoms with E-state index in [9.17, 15) is 14.7 Å². The summed E-state index contributed by atoms with van der Waals surface area (Å²) >= 11 is 0. The molecule has 38 heavy (non-hydrogen) atoms. The van der Waals surface area contributed by atoms with Crippen LogP contribution in [0.4, 0.5) is 0 Å².